The maximum atomic E-state index is 13.0. The minimum atomic E-state index is -0.325. The van der Waals surface area contributed by atoms with Gasteiger partial charge in [0, 0.05) is 35.9 Å². The van der Waals surface area contributed by atoms with E-state index in [1.807, 2.05) is 0 Å². The Morgan fingerprint density at radius 3 is 2.75 bits per heavy atom. The summed E-state index contributed by atoms with van der Waals surface area (Å²) in [7, 11) is 0. The minimum Gasteiger partial charge on any atom is -0.505 e. The van der Waals surface area contributed by atoms with Crippen molar-refractivity contribution < 1.29 is 14.3 Å². The molecular formula is C18H14FN3O2. The number of aromatic hydroxyl groups is 1. The first-order valence-electron chi connectivity index (χ1n) is 7.48. The normalized spacial score (nSPS) is 13.5. The molecule has 0 bridgehead atoms. The minimum absolute atomic E-state index is 0.138. The Kier molecular flexibility index (Phi) is 3.13. The molecule has 0 saturated heterocycles. The van der Waals surface area contributed by atoms with Crippen LogP contribution in [-0.2, 0) is 13.1 Å². The van der Waals surface area contributed by atoms with Gasteiger partial charge in [-0.05, 0) is 29.8 Å². The molecule has 0 spiro atoms. The van der Waals surface area contributed by atoms with Gasteiger partial charge in [0.25, 0.3) is 5.91 Å². The van der Waals surface area contributed by atoms with Crippen molar-refractivity contribution in [2.75, 3.05) is 5.73 Å². The molecular weight excluding hydrogens is 309 g/mol. The lowest BCUT2D eigenvalue weighted by molar-refractivity contribution is 0.0765. The molecule has 2 heterocycles. The molecule has 0 unspecified atom stereocenters. The van der Waals surface area contributed by atoms with E-state index in [1.165, 1.54) is 12.1 Å². The number of amides is 1. The average molecular weight is 323 g/mol. The fourth-order valence-electron chi connectivity index (χ4n) is 3.12. The van der Waals surface area contributed by atoms with Gasteiger partial charge < -0.3 is 15.7 Å². The Morgan fingerprint density at radius 2 is 2.00 bits per heavy atom. The van der Waals surface area contributed by atoms with Gasteiger partial charge in [0.2, 0.25) is 0 Å². The molecule has 0 radical (unpaired) electrons. The van der Waals surface area contributed by atoms with Gasteiger partial charge in [-0.2, -0.15) is 0 Å². The van der Waals surface area contributed by atoms with Crippen molar-refractivity contribution in [3.8, 4) is 5.75 Å². The van der Waals surface area contributed by atoms with E-state index in [9.17, 15) is 14.3 Å². The number of carbonyl (C=O) groups is 1. The van der Waals surface area contributed by atoms with Crippen molar-refractivity contribution in [1.82, 2.24) is 9.88 Å². The van der Waals surface area contributed by atoms with Crippen LogP contribution < -0.4 is 5.73 Å². The number of pyridine rings is 1. The number of phenolic OH excluding ortho intramolecular Hbond substituents is 1. The molecule has 1 amide bonds. The van der Waals surface area contributed by atoms with Gasteiger partial charge in [0.15, 0.2) is 5.75 Å². The van der Waals surface area contributed by atoms with Crippen molar-refractivity contribution in [3.63, 3.8) is 0 Å². The molecule has 0 atom stereocenters. The highest BCUT2D eigenvalue weighted by Crippen LogP contribution is 2.41. The molecule has 1 aliphatic heterocycles. The largest absolute Gasteiger partial charge is 0.505 e. The van der Waals surface area contributed by atoms with Crippen LogP contribution in [0.1, 0.15) is 21.5 Å². The van der Waals surface area contributed by atoms with Crippen LogP contribution in [0.2, 0.25) is 0 Å². The third kappa shape index (κ3) is 2.07. The van der Waals surface area contributed by atoms with Crippen LogP contribution in [0.15, 0.2) is 42.6 Å². The number of benzene rings is 2. The number of hydrogen-bond donors (Lipinski definition) is 2. The zero-order chi connectivity index (χ0) is 16.8. The number of aromatic nitrogens is 1. The number of nitrogens with zero attached hydrogens (tertiary/aromatic N) is 2. The van der Waals surface area contributed by atoms with E-state index in [1.54, 1.807) is 35.4 Å². The van der Waals surface area contributed by atoms with Crippen molar-refractivity contribution >= 4 is 22.5 Å². The Balaban J connectivity index is 1.77. The summed E-state index contributed by atoms with van der Waals surface area (Å²) in [5, 5.41) is 11.1. The standard InChI is InChI=1S/C18H14FN3O2/c19-11-5-3-10(4-6-11)8-22-9-13-14(18(22)24)17(23)16-12(15(13)20)2-1-7-21-16/h1-7,23H,8-9,20H2. The molecule has 0 aliphatic carbocycles. The number of fused-ring (bicyclic) bond motifs is 2. The van der Waals surface area contributed by atoms with Gasteiger partial charge in [-0.3, -0.25) is 9.78 Å². The molecule has 4 rings (SSSR count). The number of nitrogen functional groups attached to an aromatic ring is 1. The lowest BCUT2D eigenvalue weighted by atomic mass is 10.0. The predicted octanol–water partition coefficient (Wildman–Crippen LogP) is 2.82. The first-order chi connectivity index (χ1) is 11.6. The highest BCUT2D eigenvalue weighted by Gasteiger charge is 2.34. The molecule has 5 nitrogen and oxygen atoms in total. The Morgan fingerprint density at radius 1 is 1.25 bits per heavy atom. The zero-order valence-corrected chi connectivity index (χ0v) is 12.7. The van der Waals surface area contributed by atoms with Crippen LogP contribution in [0.25, 0.3) is 10.9 Å². The van der Waals surface area contributed by atoms with E-state index in [2.05, 4.69) is 4.98 Å². The van der Waals surface area contributed by atoms with Crippen LogP contribution >= 0.6 is 0 Å². The second kappa shape index (κ2) is 5.19. The summed E-state index contributed by atoms with van der Waals surface area (Å²) in [6.45, 7) is 0.617. The first-order valence-corrected chi connectivity index (χ1v) is 7.48. The van der Waals surface area contributed by atoms with E-state index in [0.717, 1.165) is 5.56 Å². The van der Waals surface area contributed by atoms with Crippen LogP contribution in [0, 0.1) is 5.82 Å². The number of anilines is 1. The van der Waals surface area contributed by atoms with Gasteiger partial charge in [0.1, 0.15) is 11.3 Å². The number of phenols is 1. The van der Waals surface area contributed by atoms with E-state index in [-0.39, 0.29) is 23.0 Å². The van der Waals surface area contributed by atoms with Crippen molar-refractivity contribution in [2.24, 2.45) is 0 Å². The van der Waals surface area contributed by atoms with Crippen LogP contribution in [0.5, 0.6) is 5.75 Å². The second-order valence-electron chi connectivity index (χ2n) is 5.80. The van der Waals surface area contributed by atoms with E-state index in [0.29, 0.717) is 35.2 Å². The topological polar surface area (TPSA) is 79.5 Å². The number of carbonyl (C=O) groups excluding carboxylic acids is 1. The molecule has 3 aromatic rings. The molecule has 0 fully saturated rings. The van der Waals surface area contributed by atoms with Gasteiger partial charge in [0.05, 0.1) is 5.56 Å². The van der Waals surface area contributed by atoms with Crippen LogP contribution in [0.4, 0.5) is 10.1 Å². The Labute approximate surface area is 137 Å². The molecule has 1 aliphatic rings. The Hall–Kier alpha value is -3.15. The number of rotatable bonds is 2. The highest BCUT2D eigenvalue weighted by molar-refractivity contribution is 6.10. The monoisotopic (exact) mass is 323 g/mol. The maximum absolute atomic E-state index is 13.0. The molecule has 2 aromatic carbocycles. The summed E-state index contributed by atoms with van der Waals surface area (Å²) in [5.74, 6) is -0.763. The summed E-state index contributed by atoms with van der Waals surface area (Å²) in [5.41, 5.74) is 8.61. The molecule has 6 heteroatoms. The second-order valence-corrected chi connectivity index (χ2v) is 5.80. The summed E-state index contributed by atoms with van der Waals surface area (Å²) >= 11 is 0. The quantitative estimate of drug-likeness (QED) is 0.561. The number of halogens is 1. The number of hydrogen-bond acceptors (Lipinski definition) is 4. The van der Waals surface area contributed by atoms with Crippen molar-refractivity contribution in [1.29, 1.82) is 0 Å². The highest BCUT2D eigenvalue weighted by atomic mass is 19.1. The van der Waals surface area contributed by atoms with Gasteiger partial charge >= 0.3 is 0 Å². The predicted molar refractivity (Wildman–Crippen MR) is 87.8 cm³/mol. The lowest BCUT2D eigenvalue weighted by Crippen LogP contribution is -2.23. The summed E-state index contributed by atoms with van der Waals surface area (Å²) < 4.78 is 13.0. The van der Waals surface area contributed by atoms with Crippen molar-refractivity contribution in [2.45, 2.75) is 13.1 Å². The first kappa shape index (κ1) is 14.4. The fourth-order valence-corrected chi connectivity index (χ4v) is 3.12. The average Bonchev–Trinajstić information content (AvgIpc) is 2.92. The summed E-state index contributed by atoms with van der Waals surface area (Å²) in [6.07, 6.45) is 1.55. The smallest absolute Gasteiger partial charge is 0.258 e. The van der Waals surface area contributed by atoms with E-state index in [4.69, 9.17) is 5.73 Å². The number of nitrogens with two attached hydrogens (primary N) is 1. The lowest BCUT2D eigenvalue weighted by Gasteiger charge is -2.15. The van der Waals surface area contributed by atoms with Crippen molar-refractivity contribution in [3.05, 3.63) is 65.1 Å². The zero-order valence-electron chi connectivity index (χ0n) is 12.7. The Bertz CT molecular complexity index is 970. The fraction of sp³-hybridized carbons (Fsp3) is 0.111. The third-order valence-electron chi connectivity index (χ3n) is 4.32. The maximum Gasteiger partial charge on any atom is 0.258 e. The molecule has 120 valence electrons. The van der Waals surface area contributed by atoms with Gasteiger partial charge in [-0.1, -0.05) is 12.1 Å². The molecule has 24 heavy (non-hydrogen) atoms. The summed E-state index contributed by atoms with van der Waals surface area (Å²) in [6, 6.07) is 9.47. The van der Waals surface area contributed by atoms with E-state index < -0.39 is 0 Å². The SMILES string of the molecule is Nc1c2c(c(O)c3ncccc13)C(=O)N(Cc1ccc(F)cc1)C2. The van der Waals surface area contributed by atoms with Gasteiger partial charge in [-0.15, -0.1) is 0 Å². The molecule has 3 N–H and O–H groups in total. The summed E-state index contributed by atoms with van der Waals surface area (Å²) in [4.78, 5) is 18.4. The third-order valence-corrected chi connectivity index (χ3v) is 4.32. The molecule has 0 saturated carbocycles. The van der Waals surface area contributed by atoms with E-state index >= 15 is 0 Å². The van der Waals surface area contributed by atoms with Crippen LogP contribution in [-0.4, -0.2) is 20.9 Å². The van der Waals surface area contributed by atoms with Crippen LogP contribution in [0.3, 0.4) is 0 Å². The molecule has 1 aromatic heterocycles. The van der Waals surface area contributed by atoms with Gasteiger partial charge in [-0.25, -0.2) is 4.39 Å².